The first-order valence-electron chi connectivity index (χ1n) is 5.64. The number of fused-ring (bicyclic) bond motifs is 3. The van der Waals surface area contributed by atoms with Crippen LogP contribution in [0.15, 0.2) is 0 Å². The van der Waals surface area contributed by atoms with Crippen LogP contribution in [0.25, 0.3) is 0 Å². The van der Waals surface area contributed by atoms with Crippen LogP contribution in [0.1, 0.15) is 24.4 Å². The maximum atomic E-state index is 12.9. The van der Waals surface area contributed by atoms with E-state index in [4.69, 9.17) is 0 Å². The summed E-state index contributed by atoms with van der Waals surface area (Å²) >= 11 is 0. The zero-order valence-corrected chi connectivity index (χ0v) is 8.84. The van der Waals surface area contributed by atoms with Crippen LogP contribution in [-0.2, 0) is 6.42 Å². The molecular weight excluding hydrogens is 214 g/mol. The molecule has 2 aliphatic heterocycles. The Bertz CT molecular complexity index is 402. The number of nitrogens with one attached hydrogen (secondary N) is 2. The fourth-order valence-electron chi connectivity index (χ4n) is 2.44. The van der Waals surface area contributed by atoms with Crippen LogP contribution in [0.3, 0.4) is 0 Å². The van der Waals surface area contributed by atoms with Gasteiger partial charge in [0.25, 0.3) is 6.43 Å². The van der Waals surface area contributed by atoms with E-state index >= 15 is 0 Å². The second kappa shape index (κ2) is 3.61. The van der Waals surface area contributed by atoms with Crippen molar-refractivity contribution in [1.29, 1.82) is 0 Å². The fraction of sp³-hybridized carbons (Fsp3) is 0.700. The number of alkyl halides is 2. The fourth-order valence-corrected chi connectivity index (χ4v) is 2.44. The number of anilines is 2. The van der Waals surface area contributed by atoms with Gasteiger partial charge in [-0.25, -0.2) is 13.5 Å². The summed E-state index contributed by atoms with van der Waals surface area (Å²) in [4.78, 5) is 0. The zero-order chi connectivity index (χ0) is 11.1. The number of rotatable bonds is 1. The van der Waals surface area contributed by atoms with Crippen LogP contribution < -0.4 is 10.6 Å². The van der Waals surface area contributed by atoms with Gasteiger partial charge in [-0.2, -0.15) is 5.10 Å². The highest BCUT2D eigenvalue weighted by molar-refractivity contribution is 5.61. The average Bonchev–Trinajstić information content (AvgIpc) is 2.67. The Hall–Kier alpha value is -1.33. The van der Waals surface area contributed by atoms with Crippen LogP contribution in [0.2, 0.25) is 0 Å². The molecule has 1 atom stereocenters. The van der Waals surface area contributed by atoms with Gasteiger partial charge in [-0.05, 0) is 19.3 Å². The van der Waals surface area contributed by atoms with Gasteiger partial charge in [0, 0.05) is 18.7 Å². The van der Waals surface area contributed by atoms with Crippen molar-refractivity contribution in [1.82, 2.24) is 9.78 Å². The molecule has 0 bridgehead atoms. The van der Waals surface area contributed by atoms with E-state index in [0.29, 0.717) is 13.0 Å². The van der Waals surface area contributed by atoms with Crippen molar-refractivity contribution >= 4 is 11.6 Å². The smallest absolute Gasteiger partial charge is 0.260 e. The molecule has 0 saturated heterocycles. The van der Waals surface area contributed by atoms with Gasteiger partial charge in [-0.15, -0.1) is 0 Å². The molecule has 1 unspecified atom stereocenters. The molecule has 3 heterocycles. The second-order valence-electron chi connectivity index (χ2n) is 4.27. The molecule has 0 amide bonds. The SMILES string of the molecule is FC(F)C1CCNc2c3c(nn21)NCCC3. The Morgan fingerprint density at radius 2 is 2.19 bits per heavy atom. The van der Waals surface area contributed by atoms with E-state index in [0.717, 1.165) is 36.6 Å². The van der Waals surface area contributed by atoms with Gasteiger partial charge in [0.2, 0.25) is 0 Å². The third-order valence-corrected chi connectivity index (χ3v) is 3.24. The van der Waals surface area contributed by atoms with E-state index in [2.05, 4.69) is 15.7 Å². The zero-order valence-electron chi connectivity index (χ0n) is 8.84. The summed E-state index contributed by atoms with van der Waals surface area (Å²) in [6.45, 7) is 1.48. The van der Waals surface area contributed by atoms with Gasteiger partial charge >= 0.3 is 0 Å². The van der Waals surface area contributed by atoms with Crippen molar-refractivity contribution in [3.05, 3.63) is 5.56 Å². The Kier molecular flexibility index (Phi) is 2.22. The molecular formula is C10H14F2N4. The molecule has 2 aliphatic rings. The maximum absolute atomic E-state index is 12.9. The van der Waals surface area contributed by atoms with Crippen molar-refractivity contribution < 1.29 is 8.78 Å². The molecule has 0 radical (unpaired) electrons. The van der Waals surface area contributed by atoms with Crippen LogP contribution in [0.4, 0.5) is 20.4 Å². The lowest BCUT2D eigenvalue weighted by Crippen LogP contribution is -2.28. The molecule has 1 aromatic heterocycles. The number of aromatic nitrogens is 2. The van der Waals surface area contributed by atoms with E-state index in [1.807, 2.05) is 0 Å². The van der Waals surface area contributed by atoms with Crippen LogP contribution in [0.5, 0.6) is 0 Å². The largest absolute Gasteiger partial charge is 0.370 e. The van der Waals surface area contributed by atoms with Gasteiger partial charge in [-0.1, -0.05) is 0 Å². The lowest BCUT2D eigenvalue weighted by molar-refractivity contribution is 0.0716. The summed E-state index contributed by atoms with van der Waals surface area (Å²) in [7, 11) is 0. The van der Waals surface area contributed by atoms with Crippen molar-refractivity contribution in [3.63, 3.8) is 0 Å². The van der Waals surface area contributed by atoms with Gasteiger partial charge in [0.05, 0.1) is 0 Å². The number of halogens is 2. The van der Waals surface area contributed by atoms with E-state index < -0.39 is 12.5 Å². The highest BCUT2D eigenvalue weighted by atomic mass is 19.3. The quantitative estimate of drug-likeness (QED) is 0.771. The van der Waals surface area contributed by atoms with E-state index in [-0.39, 0.29) is 0 Å². The minimum Gasteiger partial charge on any atom is -0.370 e. The lowest BCUT2D eigenvalue weighted by Gasteiger charge is -2.25. The minimum absolute atomic E-state index is 0.436. The molecule has 6 heteroatoms. The summed E-state index contributed by atoms with van der Waals surface area (Å²) in [6, 6.07) is -0.774. The third-order valence-electron chi connectivity index (χ3n) is 3.24. The van der Waals surface area contributed by atoms with Crippen LogP contribution >= 0.6 is 0 Å². The normalized spacial score (nSPS) is 23.3. The van der Waals surface area contributed by atoms with Crippen molar-refractivity contribution in [3.8, 4) is 0 Å². The average molecular weight is 228 g/mol. The predicted molar refractivity (Wildman–Crippen MR) is 57.2 cm³/mol. The van der Waals surface area contributed by atoms with Crippen molar-refractivity contribution in [2.75, 3.05) is 23.7 Å². The molecule has 3 rings (SSSR count). The second-order valence-corrected chi connectivity index (χ2v) is 4.27. The Morgan fingerprint density at radius 3 is 3.00 bits per heavy atom. The van der Waals surface area contributed by atoms with E-state index in [1.165, 1.54) is 4.68 Å². The molecule has 0 spiro atoms. The molecule has 0 fully saturated rings. The first-order chi connectivity index (χ1) is 7.77. The Morgan fingerprint density at radius 1 is 1.31 bits per heavy atom. The van der Waals surface area contributed by atoms with Gasteiger partial charge in [0.1, 0.15) is 11.9 Å². The van der Waals surface area contributed by atoms with Crippen molar-refractivity contribution in [2.45, 2.75) is 31.7 Å². The monoisotopic (exact) mass is 228 g/mol. The molecule has 2 N–H and O–H groups in total. The van der Waals surface area contributed by atoms with Gasteiger partial charge in [0.15, 0.2) is 5.82 Å². The minimum atomic E-state index is -2.35. The number of hydrogen-bond acceptors (Lipinski definition) is 3. The first-order valence-corrected chi connectivity index (χ1v) is 5.64. The first kappa shape index (κ1) is 9.86. The summed E-state index contributed by atoms with van der Waals surface area (Å²) in [5.41, 5.74) is 1.07. The molecule has 0 saturated carbocycles. The van der Waals surface area contributed by atoms with E-state index in [1.54, 1.807) is 0 Å². The molecule has 1 aromatic rings. The van der Waals surface area contributed by atoms with Crippen LogP contribution in [-0.4, -0.2) is 29.3 Å². The van der Waals surface area contributed by atoms with Gasteiger partial charge in [-0.3, -0.25) is 0 Å². The summed E-state index contributed by atoms with van der Waals surface area (Å²) in [5.74, 6) is 1.57. The Balaban J connectivity index is 2.05. The summed E-state index contributed by atoms with van der Waals surface area (Å²) in [6.07, 6.45) is 0.0423. The topological polar surface area (TPSA) is 41.9 Å². The highest BCUT2D eigenvalue weighted by Gasteiger charge is 2.32. The standard InChI is InChI=1S/C10H14F2N4/c11-8(12)7-3-5-14-10-6-2-1-4-13-9(6)15-16(7)10/h7-8,14H,1-5H2,(H,13,15). The molecule has 0 aliphatic carbocycles. The number of nitrogens with zero attached hydrogens (tertiary/aromatic N) is 2. The van der Waals surface area contributed by atoms with Crippen molar-refractivity contribution in [2.24, 2.45) is 0 Å². The maximum Gasteiger partial charge on any atom is 0.260 e. The Labute approximate surface area is 92.0 Å². The summed E-state index contributed by atoms with van der Waals surface area (Å²) in [5, 5.41) is 10.6. The van der Waals surface area contributed by atoms with E-state index in [9.17, 15) is 8.78 Å². The third kappa shape index (κ3) is 1.36. The lowest BCUT2D eigenvalue weighted by atomic mass is 10.1. The summed E-state index contributed by atoms with van der Waals surface area (Å²) < 4.78 is 27.2. The molecule has 4 nitrogen and oxygen atoms in total. The molecule has 88 valence electrons. The highest BCUT2D eigenvalue weighted by Crippen LogP contribution is 2.36. The predicted octanol–water partition coefficient (Wildman–Crippen LogP) is 1.86. The number of hydrogen-bond donors (Lipinski definition) is 2. The molecule has 16 heavy (non-hydrogen) atoms. The molecule has 0 aromatic carbocycles. The van der Waals surface area contributed by atoms with Gasteiger partial charge < -0.3 is 10.6 Å². The van der Waals surface area contributed by atoms with Crippen LogP contribution in [0, 0.1) is 0 Å².